The number of hydrogen-bond donors (Lipinski definition) is 1. The van der Waals surface area contributed by atoms with E-state index in [4.69, 9.17) is 9.47 Å². The number of carbonyl (C=O) groups is 1. The van der Waals surface area contributed by atoms with E-state index in [-0.39, 0.29) is 0 Å². The average Bonchev–Trinajstić information content (AvgIpc) is 2.30. The molecular weight excluding hydrogens is 210 g/mol. The second-order valence-electron chi connectivity index (χ2n) is 3.14. The van der Waals surface area contributed by atoms with Crippen molar-refractivity contribution in [2.45, 2.75) is 6.92 Å². The Balaban J connectivity index is 3.09. The van der Waals surface area contributed by atoms with Gasteiger partial charge >= 0.3 is 6.09 Å². The first kappa shape index (κ1) is 12.2. The fourth-order valence-electron chi connectivity index (χ4n) is 1.31. The van der Waals surface area contributed by atoms with E-state index in [0.29, 0.717) is 17.2 Å². The Morgan fingerprint density at radius 2 is 1.75 bits per heavy atom. The van der Waals surface area contributed by atoms with Crippen LogP contribution in [0.2, 0.25) is 0 Å². The molecule has 0 aromatic heterocycles. The Kier molecular flexibility index (Phi) is 3.99. The van der Waals surface area contributed by atoms with Crippen molar-refractivity contribution in [1.29, 1.82) is 0 Å². The van der Waals surface area contributed by atoms with E-state index in [9.17, 15) is 4.79 Å². The number of aryl methyl sites for hydroxylation is 1. The Morgan fingerprint density at radius 3 is 2.25 bits per heavy atom. The van der Waals surface area contributed by atoms with Crippen molar-refractivity contribution in [2.75, 3.05) is 26.6 Å². The normalized spacial score (nSPS) is 9.50. The van der Waals surface area contributed by atoms with Crippen molar-refractivity contribution >= 4 is 11.8 Å². The molecule has 0 spiro atoms. The molecule has 0 unspecified atom stereocenters. The zero-order valence-corrected chi connectivity index (χ0v) is 9.79. The molecule has 1 N–H and O–H groups in total. The molecule has 5 heteroatoms. The van der Waals surface area contributed by atoms with Gasteiger partial charge in [-0.15, -0.1) is 0 Å². The third kappa shape index (κ3) is 2.56. The highest BCUT2D eigenvalue weighted by molar-refractivity contribution is 5.87. The molecular formula is C11H15NO4. The van der Waals surface area contributed by atoms with Gasteiger partial charge in [0.2, 0.25) is 0 Å². The van der Waals surface area contributed by atoms with E-state index in [1.807, 2.05) is 6.92 Å². The molecule has 0 bridgehead atoms. The Hall–Kier alpha value is -1.91. The zero-order chi connectivity index (χ0) is 12.1. The lowest BCUT2D eigenvalue weighted by molar-refractivity contribution is 0.187. The van der Waals surface area contributed by atoms with E-state index in [2.05, 4.69) is 10.1 Å². The highest BCUT2D eigenvalue weighted by Gasteiger charge is 2.11. The molecule has 0 aliphatic carbocycles. The van der Waals surface area contributed by atoms with Crippen LogP contribution in [0.15, 0.2) is 12.1 Å². The Bertz CT molecular complexity index is 390. The standard InChI is InChI=1S/C11H15NO4/c1-7-5-10(15-3)8(6-9(7)14-2)12-11(13)16-4/h5-6H,1-4H3,(H,12,13). The second kappa shape index (κ2) is 5.25. The molecule has 5 nitrogen and oxygen atoms in total. The fraction of sp³-hybridized carbons (Fsp3) is 0.364. The minimum Gasteiger partial charge on any atom is -0.496 e. The molecule has 0 saturated heterocycles. The molecule has 0 atom stereocenters. The number of anilines is 1. The molecule has 0 saturated carbocycles. The maximum Gasteiger partial charge on any atom is 0.411 e. The first-order valence-electron chi connectivity index (χ1n) is 4.70. The summed E-state index contributed by atoms with van der Waals surface area (Å²) in [5, 5.41) is 2.55. The monoisotopic (exact) mass is 225 g/mol. The summed E-state index contributed by atoms with van der Waals surface area (Å²) in [6.45, 7) is 1.89. The number of carbonyl (C=O) groups excluding carboxylic acids is 1. The van der Waals surface area contributed by atoms with Gasteiger partial charge in [0.05, 0.1) is 27.0 Å². The summed E-state index contributed by atoms with van der Waals surface area (Å²) in [5.74, 6) is 1.23. The number of rotatable bonds is 3. The first-order valence-corrected chi connectivity index (χ1v) is 4.70. The van der Waals surface area contributed by atoms with Gasteiger partial charge in [0.1, 0.15) is 11.5 Å². The summed E-state index contributed by atoms with van der Waals surface area (Å²) in [7, 11) is 4.40. The summed E-state index contributed by atoms with van der Waals surface area (Å²) >= 11 is 0. The van der Waals surface area contributed by atoms with Crippen molar-refractivity contribution in [2.24, 2.45) is 0 Å². The fourth-order valence-corrected chi connectivity index (χ4v) is 1.31. The minimum atomic E-state index is -0.552. The summed E-state index contributed by atoms with van der Waals surface area (Å²) in [6, 6.07) is 3.47. The lowest BCUT2D eigenvalue weighted by atomic mass is 10.2. The van der Waals surface area contributed by atoms with Crippen LogP contribution in [0.4, 0.5) is 10.5 Å². The van der Waals surface area contributed by atoms with Crippen LogP contribution in [0, 0.1) is 6.92 Å². The molecule has 1 amide bonds. The van der Waals surface area contributed by atoms with Gasteiger partial charge in [0, 0.05) is 6.07 Å². The molecule has 88 valence electrons. The third-order valence-corrected chi connectivity index (χ3v) is 2.14. The van der Waals surface area contributed by atoms with Crippen molar-refractivity contribution in [3.63, 3.8) is 0 Å². The second-order valence-corrected chi connectivity index (χ2v) is 3.14. The van der Waals surface area contributed by atoms with E-state index < -0.39 is 6.09 Å². The number of nitrogens with one attached hydrogen (secondary N) is 1. The molecule has 0 fully saturated rings. The lowest BCUT2D eigenvalue weighted by Gasteiger charge is -2.13. The van der Waals surface area contributed by atoms with E-state index in [1.54, 1.807) is 19.2 Å². The predicted molar refractivity (Wildman–Crippen MR) is 60.3 cm³/mol. The first-order chi connectivity index (χ1) is 7.62. The topological polar surface area (TPSA) is 56.8 Å². The van der Waals surface area contributed by atoms with Gasteiger partial charge < -0.3 is 14.2 Å². The van der Waals surface area contributed by atoms with E-state index in [1.165, 1.54) is 14.2 Å². The number of amides is 1. The molecule has 0 radical (unpaired) electrons. The van der Waals surface area contributed by atoms with Crippen LogP contribution in [0.1, 0.15) is 5.56 Å². The number of hydrogen-bond acceptors (Lipinski definition) is 4. The zero-order valence-electron chi connectivity index (χ0n) is 9.79. The van der Waals surface area contributed by atoms with Crippen molar-refractivity contribution in [1.82, 2.24) is 0 Å². The highest BCUT2D eigenvalue weighted by Crippen LogP contribution is 2.32. The number of benzene rings is 1. The smallest absolute Gasteiger partial charge is 0.411 e. The number of methoxy groups -OCH3 is 3. The molecule has 1 aromatic rings. The van der Waals surface area contributed by atoms with Crippen molar-refractivity contribution < 1.29 is 19.0 Å². The molecule has 0 aliphatic rings. The molecule has 1 aromatic carbocycles. The van der Waals surface area contributed by atoms with Gasteiger partial charge in [-0.2, -0.15) is 0 Å². The van der Waals surface area contributed by atoms with Crippen LogP contribution in [0.5, 0.6) is 11.5 Å². The quantitative estimate of drug-likeness (QED) is 0.856. The highest BCUT2D eigenvalue weighted by atomic mass is 16.5. The van der Waals surface area contributed by atoms with E-state index in [0.717, 1.165) is 5.56 Å². The molecule has 0 heterocycles. The van der Waals surface area contributed by atoms with Crippen LogP contribution in [-0.2, 0) is 4.74 Å². The van der Waals surface area contributed by atoms with Crippen molar-refractivity contribution in [3.05, 3.63) is 17.7 Å². The largest absolute Gasteiger partial charge is 0.496 e. The molecule has 0 aliphatic heterocycles. The summed E-state index contributed by atoms with van der Waals surface area (Å²) < 4.78 is 14.8. The van der Waals surface area contributed by atoms with Gasteiger partial charge in [0.15, 0.2) is 0 Å². The van der Waals surface area contributed by atoms with Crippen LogP contribution in [0.3, 0.4) is 0 Å². The van der Waals surface area contributed by atoms with Gasteiger partial charge in [-0.3, -0.25) is 5.32 Å². The lowest BCUT2D eigenvalue weighted by Crippen LogP contribution is -2.12. The van der Waals surface area contributed by atoms with Gasteiger partial charge in [0.25, 0.3) is 0 Å². The number of ether oxygens (including phenoxy) is 3. The van der Waals surface area contributed by atoms with Crippen LogP contribution >= 0.6 is 0 Å². The van der Waals surface area contributed by atoms with E-state index >= 15 is 0 Å². The summed E-state index contributed by atoms with van der Waals surface area (Å²) in [5.41, 5.74) is 1.44. The van der Waals surface area contributed by atoms with Crippen LogP contribution < -0.4 is 14.8 Å². The van der Waals surface area contributed by atoms with Crippen molar-refractivity contribution in [3.8, 4) is 11.5 Å². The SMILES string of the molecule is COC(=O)Nc1cc(OC)c(C)cc1OC. The average molecular weight is 225 g/mol. The van der Waals surface area contributed by atoms with Gasteiger partial charge in [-0.05, 0) is 18.6 Å². The summed E-state index contributed by atoms with van der Waals surface area (Å²) in [4.78, 5) is 11.1. The minimum absolute atomic E-state index is 0.511. The maximum absolute atomic E-state index is 11.1. The Labute approximate surface area is 94.3 Å². The van der Waals surface area contributed by atoms with Crippen LogP contribution in [0.25, 0.3) is 0 Å². The predicted octanol–water partition coefficient (Wildman–Crippen LogP) is 2.19. The van der Waals surface area contributed by atoms with Gasteiger partial charge in [-0.1, -0.05) is 0 Å². The maximum atomic E-state index is 11.1. The molecule has 16 heavy (non-hydrogen) atoms. The molecule has 1 rings (SSSR count). The van der Waals surface area contributed by atoms with Crippen LogP contribution in [-0.4, -0.2) is 27.4 Å². The van der Waals surface area contributed by atoms with Gasteiger partial charge in [-0.25, -0.2) is 4.79 Å². The third-order valence-electron chi connectivity index (χ3n) is 2.14. The summed E-state index contributed by atoms with van der Waals surface area (Å²) in [6.07, 6.45) is -0.552. The Morgan fingerprint density at radius 1 is 1.12 bits per heavy atom.